The second-order valence-corrected chi connectivity index (χ2v) is 5.95. The molecule has 0 fully saturated rings. The molecule has 0 aliphatic rings. The highest BCUT2D eigenvalue weighted by Crippen LogP contribution is 2.24. The van der Waals surface area contributed by atoms with Crippen LogP contribution in [0.3, 0.4) is 0 Å². The topological polar surface area (TPSA) is 32.5 Å². The number of rotatable bonds is 8. The molecule has 0 aliphatic heterocycles. The van der Waals surface area contributed by atoms with Crippen molar-refractivity contribution < 1.29 is 0 Å². The van der Waals surface area contributed by atoms with Crippen LogP contribution in [0.5, 0.6) is 0 Å². The molecule has 0 aromatic heterocycles. The number of hydrogen-bond acceptors (Lipinski definition) is 3. The second kappa shape index (κ2) is 8.40. The molecule has 0 amide bonds. The minimum absolute atomic E-state index is 0.329. The Hall–Kier alpha value is -0.900. The van der Waals surface area contributed by atoms with Crippen molar-refractivity contribution in [1.29, 1.82) is 0 Å². The van der Waals surface area contributed by atoms with Crippen molar-refractivity contribution in [2.24, 2.45) is 5.73 Å². The van der Waals surface area contributed by atoms with E-state index in [1.54, 1.807) is 0 Å². The maximum absolute atomic E-state index is 6.11. The molecule has 1 aromatic rings. The van der Waals surface area contributed by atoms with Gasteiger partial charge in [-0.3, -0.25) is 4.90 Å². The van der Waals surface area contributed by atoms with Gasteiger partial charge < -0.3 is 10.6 Å². The van der Waals surface area contributed by atoms with Gasteiger partial charge >= 0.3 is 0 Å². The van der Waals surface area contributed by atoms with Crippen LogP contribution in [0.25, 0.3) is 0 Å². The number of likely N-dealkylation sites (N-methyl/N-ethyl adjacent to an activating group) is 1. The molecular weight excluding hydrogens is 246 g/mol. The number of benzene rings is 1. The van der Waals surface area contributed by atoms with Gasteiger partial charge in [0, 0.05) is 25.7 Å². The molecular formula is C17H31N3. The Morgan fingerprint density at radius 3 is 2.35 bits per heavy atom. The lowest BCUT2D eigenvalue weighted by Crippen LogP contribution is -2.39. The van der Waals surface area contributed by atoms with Crippen molar-refractivity contribution in [3.05, 3.63) is 34.9 Å². The van der Waals surface area contributed by atoms with Gasteiger partial charge in [-0.15, -0.1) is 0 Å². The first-order chi connectivity index (χ1) is 9.49. The van der Waals surface area contributed by atoms with Crippen LogP contribution >= 0.6 is 0 Å². The van der Waals surface area contributed by atoms with E-state index in [4.69, 9.17) is 5.73 Å². The standard InChI is InChI=1S/C17H31N3/c1-6-9-20(11-10-19(4)5)17(13-18)16-12-14(2)7-8-15(16)3/h7-8,12,17H,6,9-11,13,18H2,1-5H3. The highest BCUT2D eigenvalue weighted by Gasteiger charge is 2.20. The number of nitrogens with zero attached hydrogens (tertiary/aromatic N) is 2. The van der Waals surface area contributed by atoms with Gasteiger partial charge in [-0.2, -0.15) is 0 Å². The summed E-state index contributed by atoms with van der Waals surface area (Å²) in [5.74, 6) is 0. The lowest BCUT2D eigenvalue weighted by atomic mass is 9.97. The minimum Gasteiger partial charge on any atom is -0.329 e. The van der Waals surface area contributed by atoms with Gasteiger partial charge in [0.2, 0.25) is 0 Å². The third-order valence-corrected chi connectivity index (χ3v) is 3.80. The summed E-state index contributed by atoms with van der Waals surface area (Å²) in [6, 6.07) is 7.01. The Bertz CT molecular complexity index is 401. The van der Waals surface area contributed by atoms with Gasteiger partial charge in [0.1, 0.15) is 0 Å². The summed E-state index contributed by atoms with van der Waals surface area (Å²) in [7, 11) is 4.25. The van der Waals surface area contributed by atoms with Gasteiger partial charge in [0.25, 0.3) is 0 Å². The predicted octanol–water partition coefficient (Wildman–Crippen LogP) is 2.58. The van der Waals surface area contributed by atoms with Crippen molar-refractivity contribution >= 4 is 0 Å². The maximum Gasteiger partial charge on any atom is 0.0473 e. The van der Waals surface area contributed by atoms with Crippen LogP contribution in [0.2, 0.25) is 0 Å². The molecule has 1 unspecified atom stereocenters. The Labute approximate surface area is 124 Å². The fourth-order valence-electron chi connectivity index (χ4n) is 2.63. The summed E-state index contributed by atoms with van der Waals surface area (Å²) >= 11 is 0. The highest BCUT2D eigenvalue weighted by atomic mass is 15.2. The molecule has 0 heterocycles. The SMILES string of the molecule is CCCN(CCN(C)C)C(CN)c1cc(C)ccc1C. The number of hydrogen-bond donors (Lipinski definition) is 1. The fourth-order valence-corrected chi connectivity index (χ4v) is 2.63. The van der Waals surface area contributed by atoms with Crippen molar-refractivity contribution in [2.75, 3.05) is 40.3 Å². The van der Waals surface area contributed by atoms with E-state index in [9.17, 15) is 0 Å². The zero-order valence-corrected chi connectivity index (χ0v) is 13.8. The molecule has 0 spiro atoms. The zero-order chi connectivity index (χ0) is 15.1. The van der Waals surface area contributed by atoms with Gasteiger partial charge in [-0.1, -0.05) is 30.7 Å². The maximum atomic E-state index is 6.11. The third-order valence-electron chi connectivity index (χ3n) is 3.80. The molecule has 1 aromatic carbocycles. The summed E-state index contributed by atoms with van der Waals surface area (Å²) < 4.78 is 0. The normalized spacial score (nSPS) is 13.2. The summed E-state index contributed by atoms with van der Waals surface area (Å²) in [6.07, 6.45) is 1.16. The molecule has 2 N–H and O–H groups in total. The van der Waals surface area contributed by atoms with E-state index in [-0.39, 0.29) is 0 Å². The average molecular weight is 277 g/mol. The van der Waals surface area contributed by atoms with E-state index >= 15 is 0 Å². The Kier molecular flexibility index (Phi) is 7.20. The van der Waals surface area contributed by atoms with Gasteiger partial charge in [0.05, 0.1) is 0 Å². The molecule has 20 heavy (non-hydrogen) atoms. The van der Waals surface area contributed by atoms with Crippen molar-refractivity contribution in [3.63, 3.8) is 0 Å². The third kappa shape index (κ3) is 4.89. The molecule has 3 heteroatoms. The van der Waals surface area contributed by atoms with Crippen LogP contribution in [0.15, 0.2) is 18.2 Å². The van der Waals surface area contributed by atoms with E-state index in [2.05, 4.69) is 62.9 Å². The molecule has 3 nitrogen and oxygen atoms in total. The van der Waals surface area contributed by atoms with Crippen molar-refractivity contribution in [1.82, 2.24) is 9.80 Å². The number of aryl methyl sites for hydroxylation is 2. The monoisotopic (exact) mass is 277 g/mol. The van der Waals surface area contributed by atoms with Crippen LogP contribution in [0, 0.1) is 13.8 Å². The van der Waals surface area contributed by atoms with E-state index < -0.39 is 0 Å². The van der Waals surface area contributed by atoms with Crippen molar-refractivity contribution in [3.8, 4) is 0 Å². The second-order valence-electron chi connectivity index (χ2n) is 5.95. The predicted molar refractivity (Wildman–Crippen MR) is 88.1 cm³/mol. The smallest absolute Gasteiger partial charge is 0.0473 e. The molecule has 1 rings (SSSR count). The van der Waals surface area contributed by atoms with Gasteiger partial charge in [0.15, 0.2) is 0 Å². The van der Waals surface area contributed by atoms with E-state index in [1.807, 2.05) is 0 Å². The first kappa shape index (κ1) is 17.2. The molecule has 0 saturated heterocycles. The van der Waals surface area contributed by atoms with Crippen LogP contribution in [0.4, 0.5) is 0 Å². The summed E-state index contributed by atoms with van der Waals surface area (Å²) in [5.41, 5.74) is 10.2. The van der Waals surface area contributed by atoms with Gasteiger partial charge in [-0.05, 0) is 52.0 Å². The molecule has 0 saturated carbocycles. The average Bonchev–Trinajstić information content (AvgIpc) is 2.40. The Balaban J connectivity index is 2.96. The minimum atomic E-state index is 0.329. The van der Waals surface area contributed by atoms with Crippen LogP contribution in [-0.2, 0) is 0 Å². The molecule has 0 radical (unpaired) electrons. The largest absolute Gasteiger partial charge is 0.329 e. The lowest BCUT2D eigenvalue weighted by Gasteiger charge is -2.33. The Morgan fingerprint density at radius 2 is 1.80 bits per heavy atom. The molecule has 0 aliphatic carbocycles. The molecule has 0 bridgehead atoms. The summed E-state index contributed by atoms with van der Waals surface area (Å²) in [5, 5.41) is 0. The number of nitrogens with two attached hydrogens (primary N) is 1. The van der Waals surface area contributed by atoms with E-state index in [0.717, 1.165) is 26.1 Å². The quantitative estimate of drug-likeness (QED) is 0.793. The molecule has 114 valence electrons. The van der Waals surface area contributed by atoms with Crippen LogP contribution in [0.1, 0.15) is 36.1 Å². The fraction of sp³-hybridized carbons (Fsp3) is 0.647. The van der Waals surface area contributed by atoms with Crippen LogP contribution < -0.4 is 5.73 Å². The van der Waals surface area contributed by atoms with Crippen LogP contribution in [-0.4, -0.2) is 50.1 Å². The summed E-state index contributed by atoms with van der Waals surface area (Å²) in [6.45, 7) is 10.5. The van der Waals surface area contributed by atoms with E-state index in [0.29, 0.717) is 12.6 Å². The van der Waals surface area contributed by atoms with Gasteiger partial charge in [-0.25, -0.2) is 0 Å². The first-order valence-electron chi connectivity index (χ1n) is 7.65. The first-order valence-corrected chi connectivity index (χ1v) is 7.65. The Morgan fingerprint density at radius 1 is 1.10 bits per heavy atom. The molecule has 1 atom stereocenters. The van der Waals surface area contributed by atoms with E-state index in [1.165, 1.54) is 16.7 Å². The lowest BCUT2D eigenvalue weighted by molar-refractivity contribution is 0.182. The zero-order valence-electron chi connectivity index (χ0n) is 13.8. The highest BCUT2D eigenvalue weighted by molar-refractivity contribution is 5.33. The van der Waals surface area contributed by atoms with Crippen molar-refractivity contribution in [2.45, 2.75) is 33.2 Å². The summed E-state index contributed by atoms with van der Waals surface area (Å²) in [4.78, 5) is 4.76.